The Hall–Kier alpha value is -0.140. The molecule has 0 N–H and O–H groups in total. The second-order valence-corrected chi connectivity index (χ2v) is 6.40. The lowest BCUT2D eigenvalue weighted by atomic mass is 10.1. The number of thioether (sulfide) groups is 2. The monoisotopic (exact) mass is 358 g/mol. The number of benzene rings is 1. The maximum absolute atomic E-state index is 12.3. The van der Waals surface area contributed by atoms with Crippen LogP contribution in [0.3, 0.4) is 0 Å². The summed E-state index contributed by atoms with van der Waals surface area (Å²) in [5.74, 6) is -0.142. The van der Waals surface area contributed by atoms with E-state index in [-0.39, 0.29) is 22.4 Å². The fraction of sp³-hybridized carbons (Fsp3) is 0.364. The molecular weight excluding hydrogens is 349 g/mol. The molecule has 1 rings (SSSR count). The van der Waals surface area contributed by atoms with Crippen molar-refractivity contribution in [2.75, 3.05) is 6.26 Å². The van der Waals surface area contributed by atoms with E-state index in [1.807, 2.05) is 0 Å². The van der Waals surface area contributed by atoms with Crippen LogP contribution in [0.5, 0.6) is 0 Å². The molecule has 0 heterocycles. The van der Waals surface area contributed by atoms with Crippen molar-refractivity contribution < 1.29 is 18.0 Å². The number of carbonyl (C=O) groups excluding carboxylic acids is 1. The maximum Gasteiger partial charge on any atom is 0.446 e. The third kappa shape index (κ3) is 4.85. The van der Waals surface area contributed by atoms with Gasteiger partial charge in [-0.25, -0.2) is 0 Å². The van der Waals surface area contributed by atoms with E-state index in [1.54, 1.807) is 12.3 Å². The third-order valence-electron chi connectivity index (χ3n) is 2.02. The number of ketones is 1. The summed E-state index contributed by atoms with van der Waals surface area (Å²) in [5, 5.41) is 0. The average molecular weight is 359 g/mol. The van der Waals surface area contributed by atoms with Crippen LogP contribution in [-0.4, -0.2) is 17.5 Å². The van der Waals surface area contributed by atoms with Gasteiger partial charge in [-0.15, -0.1) is 11.8 Å². The molecular formula is C11H10BrF3OS2. The summed E-state index contributed by atoms with van der Waals surface area (Å²) >= 11 is 4.35. The van der Waals surface area contributed by atoms with Gasteiger partial charge in [0.25, 0.3) is 0 Å². The van der Waals surface area contributed by atoms with E-state index in [4.69, 9.17) is 0 Å². The summed E-state index contributed by atoms with van der Waals surface area (Å²) in [6.45, 7) is 1.39. The number of carbonyl (C=O) groups is 1. The molecule has 0 amide bonds. The molecule has 1 atom stereocenters. The fourth-order valence-electron chi connectivity index (χ4n) is 1.29. The second-order valence-electron chi connectivity index (χ2n) is 3.46. The number of hydrogen-bond donors (Lipinski definition) is 0. The number of alkyl halides is 4. The second kappa shape index (κ2) is 6.34. The topological polar surface area (TPSA) is 17.1 Å². The first-order valence-electron chi connectivity index (χ1n) is 4.82. The van der Waals surface area contributed by atoms with E-state index in [9.17, 15) is 18.0 Å². The van der Waals surface area contributed by atoms with Gasteiger partial charge in [-0.05, 0) is 48.7 Å². The van der Waals surface area contributed by atoms with Crippen LogP contribution < -0.4 is 0 Å². The first-order chi connectivity index (χ1) is 8.23. The number of halogens is 4. The molecule has 7 heteroatoms. The van der Waals surface area contributed by atoms with E-state index < -0.39 is 10.3 Å². The maximum atomic E-state index is 12.3. The van der Waals surface area contributed by atoms with Crippen molar-refractivity contribution in [3.05, 3.63) is 23.8 Å². The molecule has 0 saturated heterocycles. The SMILES string of the molecule is CSc1cc(SC(F)(F)F)cc(C(Br)C(C)=O)c1. The Kier molecular flexibility index (Phi) is 5.61. The van der Waals surface area contributed by atoms with Crippen LogP contribution in [0.15, 0.2) is 28.0 Å². The molecule has 0 saturated carbocycles. The average Bonchev–Trinajstić information content (AvgIpc) is 2.24. The molecule has 1 aromatic carbocycles. The molecule has 0 aromatic heterocycles. The van der Waals surface area contributed by atoms with Gasteiger partial charge in [0.1, 0.15) is 5.78 Å². The predicted molar refractivity (Wildman–Crippen MR) is 72.5 cm³/mol. The van der Waals surface area contributed by atoms with Gasteiger partial charge in [-0.1, -0.05) is 15.9 Å². The Bertz CT molecular complexity index is 448. The Morgan fingerprint density at radius 1 is 1.28 bits per heavy atom. The van der Waals surface area contributed by atoms with Crippen LogP contribution in [-0.2, 0) is 4.79 Å². The third-order valence-corrected chi connectivity index (χ3v) is 4.60. The van der Waals surface area contributed by atoms with Gasteiger partial charge in [0, 0.05) is 9.79 Å². The normalized spacial score (nSPS) is 13.4. The Labute approximate surface area is 120 Å². The summed E-state index contributed by atoms with van der Waals surface area (Å²) in [4.78, 5) is 11.5. The summed E-state index contributed by atoms with van der Waals surface area (Å²) in [6, 6.07) is 4.57. The van der Waals surface area contributed by atoms with E-state index >= 15 is 0 Å². The van der Waals surface area contributed by atoms with Gasteiger partial charge in [-0.2, -0.15) is 13.2 Å². The van der Waals surface area contributed by atoms with Gasteiger partial charge >= 0.3 is 5.51 Å². The Morgan fingerprint density at radius 3 is 2.28 bits per heavy atom. The summed E-state index contributed by atoms with van der Waals surface area (Å²) in [7, 11) is 0. The minimum Gasteiger partial charge on any atom is -0.298 e. The van der Waals surface area contributed by atoms with Crippen molar-refractivity contribution in [3.63, 3.8) is 0 Å². The van der Waals surface area contributed by atoms with Crippen LogP contribution in [0, 0.1) is 0 Å². The molecule has 1 nitrogen and oxygen atoms in total. The lowest BCUT2D eigenvalue weighted by molar-refractivity contribution is -0.116. The number of rotatable bonds is 4. The van der Waals surface area contributed by atoms with E-state index in [0.717, 1.165) is 0 Å². The van der Waals surface area contributed by atoms with Crippen molar-refractivity contribution in [1.82, 2.24) is 0 Å². The van der Waals surface area contributed by atoms with Gasteiger partial charge in [0.05, 0.1) is 4.83 Å². The lowest BCUT2D eigenvalue weighted by Gasteiger charge is -2.12. The highest BCUT2D eigenvalue weighted by atomic mass is 79.9. The lowest BCUT2D eigenvalue weighted by Crippen LogP contribution is -2.03. The van der Waals surface area contributed by atoms with Gasteiger partial charge < -0.3 is 0 Å². The molecule has 1 unspecified atom stereocenters. The quantitative estimate of drug-likeness (QED) is 0.554. The van der Waals surface area contributed by atoms with Crippen LogP contribution in [0.2, 0.25) is 0 Å². The van der Waals surface area contributed by atoms with Crippen molar-refractivity contribution in [2.45, 2.75) is 27.1 Å². The minimum atomic E-state index is -4.33. The van der Waals surface area contributed by atoms with Crippen LogP contribution >= 0.6 is 39.5 Å². The van der Waals surface area contributed by atoms with Crippen LogP contribution in [0.25, 0.3) is 0 Å². The largest absolute Gasteiger partial charge is 0.446 e. The molecule has 0 spiro atoms. The first kappa shape index (κ1) is 15.9. The molecule has 0 aliphatic carbocycles. The van der Waals surface area contributed by atoms with Crippen LogP contribution in [0.4, 0.5) is 13.2 Å². The predicted octanol–water partition coefficient (Wildman–Crippen LogP) is 5.05. The zero-order valence-electron chi connectivity index (χ0n) is 9.55. The Morgan fingerprint density at radius 2 is 1.83 bits per heavy atom. The highest BCUT2D eigenvalue weighted by molar-refractivity contribution is 9.09. The first-order valence-corrected chi connectivity index (χ1v) is 7.78. The van der Waals surface area contributed by atoms with Crippen molar-refractivity contribution >= 4 is 45.2 Å². The summed E-state index contributed by atoms with van der Waals surface area (Å²) in [5.41, 5.74) is -3.78. The van der Waals surface area contributed by atoms with Crippen LogP contribution in [0.1, 0.15) is 17.3 Å². The molecule has 1 aromatic rings. The highest BCUT2D eigenvalue weighted by Gasteiger charge is 2.29. The molecule has 18 heavy (non-hydrogen) atoms. The number of hydrogen-bond acceptors (Lipinski definition) is 3. The summed E-state index contributed by atoms with van der Waals surface area (Å²) < 4.78 is 37.0. The van der Waals surface area contributed by atoms with E-state index in [2.05, 4.69) is 15.9 Å². The van der Waals surface area contributed by atoms with Gasteiger partial charge in [-0.3, -0.25) is 4.79 Å². The molecule has 100 valence electrons. The highest BCUT2D eigenvalue weighted by Crippen LogP contribution is 2.40. The van der Waals surface area contributed by atoms with E-state index in [0.29, 0.717) is 10.5 Å². The van der Waals surface area contributed by atoms with Crippen molar-refractivity contribution in [3.8, 4) is 0 Å². The minimum absolute atomic E-state index is 0.0926. The van der Waals surface area contributed by atoms with Crippen molar-refractivity contribution in [2.24, 2.45) is 0 Å². The fourth-order valence-corrected chi connectivity index (χ4v) is 2.77. The molecule has 0 aliphatic heterocycles. The standard InChI is InChI=1S/C11H10BrF3OS2/c1-6(16)10(12)7-3-8(17-2)5-9(4-7)18-11(13,14)15/h3-5,10H,1-2H3. The van der Waals surface area contributed by atoms with Gasteiger partial charge in [0.2, 0.25) is 0 Å². The zero-order valence-corrected chi connectivity index (χ0v) is 12.8. The molecule has 0 fully saturated rings. The smallest absolute Gasteiger partial charge is 0.298 e. The summed E-state index contributed by atoms with van der Waals surface area (Å²) in [6.07, 6.45) is 1.78. The Balaban J connectivity index is 3.13. The molecule has 0 aliphatic rings. The molecule has 0 radical (unpaired) electrons. The van der Waals surface area contributed by atoms with E-state index in [1.165, 1.54) is 30.8 Å². The zero-order chi connectivity index (χ0) is 13.9. The van der Waals surface area contributed by atoms with Crippen molar-refractivity contribution in [1.29, 1.82) is 0 Å². The number of Topliss-reactive ketones (excluding diaryl/α,β-unsaturated/α-hetero) is 1. The van der Waals surface area contributed by atoms with Gasteiger partial charge in [0.15, 0.2) is 0 Å². The molecule has 0 bridgehead atoms.